The average Bonchev–Trinajstić information content (AvgIpc) is 2.71. The van der Waals surface area contributed by atoms with Crippen LogP contribution in [0.2, 0.25) is 0 Å². The molecule has 2 nitrogen and oxygen atoms in total. The van der Waals surface area contributed by atoms with E-state index in [9.17, 15) is 0 Å². The van der Waals surface area contributed by atoms with E-state index in [4.69, 9.17) is 10.5 Å². The van der Waals surface area contributed by atoms with Crippen LogP contribution in [0.4, 0.5) is 0 Å². The van der Waals surface area contributed by atoms with Crippen molar-refractivity contribution in [2.24, 2.45) is 11.7 Å². The van der Waals surface area contributed by atoms with Gasteiger partial charge in [-0.25, -0.2) is 0 Å². The molecule has 2 unspecified atom stereocenters. The molecular weight excluding hydrogens is 210 g/mol. The lowest BCUT2D eigenvalue weighted by Gasteiger charge is -2.16. The number of ether oxygens (including phenoxy) is 1. The third kappa shape index (κ3) is 3.22. The summed E-state index contributed by atoms with van der Waals surface area (Å²) in [6, 6.07) is 8.68. The van der Waals surface area contributed by atoms with Crippen molar-refractivity contribution < 1.29 is 4.74 Å². The zero-order valence-corrected chi connectivity index (χ0v) is 10.9. The summed E-state index contributed by atoms with van der Waals surface area (Å²) < 4.78 is 5.91. The summed E-state index contributed by atoms with van der Waals surface area (Å²) in [5, 5.41) is 0. The van der Waals surface area contributed by atoms with Gasteiger partial charge in [-0.1, -0.05) is 32.0 Å². The molecule has 0 saturated heterocycles. The van der Waals surface area contributed by atoms with Gasteiger partial charge in [0.2, 0.25) is 0 Å². The number of benzene rings is 1. The van der Waals surface area contributed by atoms with E-state index in [1.54, 1.807) is 0 Å². The molecule has 0 bridgehead atoms. The third-order valence-corrected chi connectivity index (χ3v) is 3.63. The van der Waals surface area contributed by atoms with E-state index in [0.717, 1.165) is 31.4 Å². The standard InChI is InChI=1S/C15H23NO/c1-11(2)14(16)8-5-7-13-10-12-6-3-4-9-15(12)17-13/h3-4,6,9,11,13-14H,5,7-8,10,16H2,1-2H3. The predicted molar refractivity (Wildman–Crippen MR) is 71.2 cm³/mol. The minimum atomic E-state index is 0.332. The van der Waals surface area contributed by atoms with Gasteiger partial charge in [-0.05, 0) is 36.8 Å². The summed E-state index contributed by atoms with van der Waals surface area (Å²) in [5.41, 5.74) is 7.40. The molecule has 2 N–H and O–H groups in total. The van der Waals surface area contributed by atoms with Gasteiger partial charge >= 0.3 is 0 Å². The summed E-state index contributed by atoms with van der Waals surface area (Å²) in [5.74, 6) is 1.65. The molecule has 1 aromatic carbocycles. The molecular formula is C15H23NO. The highest BCUT2D eigenvalue weighted by Crippen LogP contribution is 2.30. The second-order valence-electron chi connectivity index (χ2n) is 5.39. The largest absolute Gasteiger partial charge is 0.490 e. The first kappa shape index (κ1) is 12.4. The van der Waals surface area contributed by atoms with E-state index < -0.39 is 0 Å². The maximum Gasteiger partial charge on any atom is 0.123 e. The Morgan fingerprint density at radius 3 is 2.82 bits per heavy atom. The van der Waals surface area contributed by atoms with Gasteiger partial charge in [-0.15, -0.1) is 0 Å². The van der Waals surface area contributed by atoms with Crippen LogP contribution in [0.25, 0.3) is 0 Å². The first-order chi connectivity index (χ1) is 8.16. The summed E-state index contributed by atoms with van der Waals surface area (Å²) in [7, 11) is 0. The number of para-hydroxylation sites is 1. The van der Waals surface area contributed by atoms with E-state index in [1.807, 2.05) is 6.07 Å². The molecule has 1 aromatic rings. The Morgan fingerprint density at radius 2 is 2.12 bits per heavy atom. The van der Waals surface area contributed by atoms with Gasteiger partial charge in [0, 0.05) is 12.5 Å². The van der Waals surface area contributed by atoms with Crippen LogP contribution in [0.15, 0.2) is 24.3 Å². The minimum absolute atomic E-state index is 0.332. The molecule has 1 aliphatic rings. The molecule has 94 valence electrons. The molecule has 0 aromatic heterocycles. The van der Waals surface area contributed by atoms with Crippen LogP contribution in [0.1, 0.15) is 38.7 Å². The van der Waals surface area contributed by atoms with Gasteiger partial charge in [-0.3, -0.25) is 0 Å². The Balaban J connectivity index is 1.73. The quantitative estimate of drug-likeness (QED) is 0.848. The van der Waals surface area contributed by atoms with Crippen molar-refractivity contribution in [2.45, 2.75) is 51.7 Å². The third-order valence-electron chi connectivity index (χ3n) is 3.63. The maximum absolute atomic E-state index is 6.04. The van der Waals surface area contributed by atoms with E-state index in [-0.39, 0.29) is 0 Å². The van der Waals surface area contributed by atoms with Crippen molar-refractivity contribution >= 4 is 0 Å². The molecule has 0 fully saturated rings. The van der Waals surface area contributed by atoms with Crippen molar-refractivity contribution in [3.63, 3.8) is 0 Å². The van der Waals surface area contributed by atoms with Crippen LogP contribution in [0.5, 0.6) is 5.75 Å². The molecule has 0 spiro atoms. The fraction of sp³-hybridized carbons (Fsp3) is 0.600. The van der Waals surface area contributed by atoms with E-state index in [2.05, 4.69) is 32.0 Å². The lowest BCUT2D eigenvalue weighted by Crippen LogP contribution is -2.26. The maximum atomic E-state index is 6.04. The molecule has 2 atom stereocenters. The first-order valence-corrected chi connectivity index (χ1v) is 6.67. The Bertz CT molecular complexity index is 337. The highest BCUT2D eigenvalue weighted by Gasteiger charge is 2.22. The van der Waals surface area contributed by atoms with Crippen molar-refractivity contribution in [1.82, 2.24) is 0 Å². The molecule has 17 heavy (non-hydrogen) atoms. The van der Waals surface area contributed by atoms with Gasteiger partial charge in [0.1, 0.15) is 11.9 Å². The molecule has 0 radical (unpaired) electrons. The minimum Gasteiger partial charge on any atom is -0.490 e. The summed E-state index contributed by atoms with van der Waals surface area (Å²) in [6.45, 7) is 4.37. The van der Waals surface area contributed by atoms with Crippen molar-refractivity contribution in [1.29, 1.82) is 0 Å². The molecule has 0 amide bonds. The normalized spacial score (nSPS) is 20.1. The Hall–Kier alpha value is -1.02. The summed E-state index contributed by atoms with van der Waals surface area (Å²) >= 11 is 0. The average molecular weight is 233 g/mol. The van der Waals surface area contributed by atoms with E-state index >= 15 is 0 Å². The van der Waals surface area contributed by atoms with Crippen molar-refractivity contribution in [3.05, 3.63) is 29.8 Å². The molecule has 0 saturated carbocycles. The molecule has 1 aliphatic heterocycles. The number of rotatable bonds is 5. The van der Waals surface area contributed by atoms with Crippen LogP contribution in [0.3, 0.4) is 0 Å². The molecule has 0 aliphatic carbocycles. The number of nitrogens with two attached hydrogens (primary N) is 1. The van der Waals surface area contributed by atoms with Crippen LogP contribution in [-0.4, -0.2) is 12.1 Å². The number of hydrogen-bond acceptors (Lipinski definition) is 2. The van der Waals surface area contributed by atoms with Crippen LogP contribution < -0.4 is 10.5 Å². The second kappa shape index (κ2) is 5.54. The zero-order valence-electron chi connectivity index (χ0n) is 10.9. The number of fused-ring (bicyclic) bond motifs is 1. The smallest absolute Gasteiger partial charge is 0.123 e. The molecule has 2 heteroatoms. The predicted octanol–water partition coefficient (Wildman–Crippen LogP) is 3.14. The van der Waals surface area contributed by atoms with Crippen LogP contribution >= 0.6 is 0 Å². The SMILES string of the molecule is CC(C)C(N)CCCC1Cc2ccccc2O1. The summed E-state index contributed by atoms with van der Waals surface area (Å²) in [6.07, 6.45) is 4.82. The van der Waals surface area contributed by atoms with Gasteiger partial charge in [0.25, 0.3) is 0 Å². The lowest BCUT2D eigenvalue weighted by molar-refractivity contribution is 0.214. The number of hydrogen-bond donors (Lipinski definition) is 1. The van der Waals surface area contributed by atoms with E-state index in [0.29, 0.717) is 18.1 Å². The lowest BCUT2D eigenvalue weighted by atomic mass is 9.97. The van der Waals surface area contributed by atoms with Gasteiger partial charge < -0.3 is 10.5 Å². The first-order valence-electron chi connectivity index (χ1n) is 6.67. The van der Waals surface area contributed by atoms with Gasteiger partial charge in [0.05, 0.1) is 0 Å². The summed E-state index contributed by atoms with van der Waals surface area (Å²) in [4.78, 5) is 0. The highest BCUT2D eigenvalue weighted by atomic mass is 16.5. The monoisotopic (exact) mass is 233 g/mol. The van der Waals surface area contributed by atoms with Crippen molar-refractivity contribution in [3.8, 4) is 5.75 Å². The van der Waals surface area contributed by atoms with Crippen molar-refractivity contribution in [2.75, 3.05) is 0 Å². The van der Waals surface area contributed by atoms with Gasteiger partial charge in [0.15, 0.2) is 0 Å². The van der Waals surface area contributed by atoms with Crippen LogP contribution in [-0.2, 0) is 6.42 Å². The van der Waals surface area contributed by atoms with E-state index in [1.165, 1.54) is 5.56 Å². The molecule has 2 rings (SSSR count). The second-order valence-corrected chi connectivity index (χ2v) is 5.39. The Kier molecular flexibility index (Phi) is 4.06. The Labute approximate surface area is 104 Å². The van der Waals surface area contributed by atoms with Gasteiger partial charge in [-0.2, -0.15) is 0 Å². The Morgan fingerprint density at radius 1 is 1.35 bits per heavy atom. The highest BCUT2D eigenvalue weighted by molar-refractivity contribution is 5.37. The van der Waals surface area contributed by atoms with Crippen LogP contribution in [0, 0.1) is 5.92 Å². The fourth-order valence-corrected chi connectivity index (χ4v) is 2.33. The zero-order chi connectivity index (χ0) is 12.3. The fourth-order valence-electron chi connectivity index (χ4n) is 2.33. The molecule has 1 heterocycles. The topological polar surface area (TPSA) is 35.2 Å².